The van der Waals surface area contributed by atoms with Gasteiger partial charge in [0.2, 0.25) is 5.91 Å². The zero-order chi connectivity index (χ0) is 16.4. The molecule has 1 aromatic carbocycles. The predicted molar refractivity (Wildman–Crippen MR) is 92.0 cm³/mol. The van der Waals surface area contributed by atoms with E-state index in [1.165, 1.54) is 0 Å². The van der Waals surface area contributed by atoms with Gasteiger partial charge in [-0.3, -0.25) is 4.79 Å². The highest BCUT2D eigenvalue weighted by atomic mass is 16.2. The van der Waals surface area contributed by atoms with Crippen molar-refractivity contribution in [1.29, 1.82) is 0 Å². The number of para-hydroxylation sites is 2. The third-order valence-electron chi connectivity index (χ3n) is 4.66. The summed E-state index contributed by atoms with van der Waals surface area (Å²) in [5.41, 5.74) is 1.95. The van der Waals surface area contributed by atoms with E-state index in [0.29, 0.717) is 6.04 Å². The van der Waals surface area contributed by atoms with Crippen molar-refractivity contribution in [3.8, 4) is 0 Å². The van der Waals surface area contributed by atoms with Gasteiger partial charge in [-0.1, -0.05) is 26.0 Å². The molecule has 5 nitrogen and oxygen atoms in total. The van der Waals surface area contributed by atoms with E-state index in [1.807, 2.05) is 24.3 Å². The maximum absolute atomic E-state index is 12.7. The summed E-state index contributed by atoms with van der Waals surface area (Å²) >= 11 is 0. The van der Waals surface area contributed by atoms with Crippen LogP contribution in [0.3, 0.4) is 0 Å². The highest BCUT2D eigenvalue weighted by molar-refractivity contribution is 5.79. The largest absolute Gasteiger partial charge is 0.346 e. The zero-order valence-electron chi connectivity index (χ0n) is 14.1. The number of amides is 1. The average molecular weight is 314 g/mol. The Hall–Kier alpha value is -1.88. The standard InChI is InChI=1S/C18H26N4O/c1-11(2)16(17-20-14-6-4-5-7-15(14)21-17)22-18(23)13-8-9-19-12(3)10-13/h4-7,11-13,16,19H,8-10H2,1-3H3,(H,20,21)(H,22,23)/t12-,13-,16?/m0/s1. The molecule has 0 spiro atoms. The number of aromatic amines is 1. The number of hydrogen-bond donors (Lipinski definition) is 3. The smallest absolute Gasteiger partial charge is 0.223 e. The van der Waals surface area contributed by atoms with Crippen molar-refractivity contribution in [2.75, 3.05) is 6.54 Å². The summed E-state index contributed by atoms with van der Waals surface area (Å²) in [6.07, 6.45) is 1.80. The van der Waals surface area contributed by atoms with Crippen LogP contribution in [0.1, 0.15) is 45.5 Å². The molecule has 2 heterocycles. The van der Waals surface area contributed by atoms with Crippen molar-refractivity contribution in [3.63, 3.8) is 0 Å². The van der Waals surface area contributed by atoms with Gasteiger partial charge in [-0.2, -0.15) is 0 Å². The minimum Gasteiger partial charge on any atom is -0.346 e. The molecule has 1 aliphatic rings. The van der Waals surface area contributed by atoms with Gasteiger partial charge in [0.15, 0.2) is 0 Å². The molecule has 0 bridgehead atoms. The molecule has 1 aliphatic heterocycles. The van der Waals surface area contributed by atoms with Gasteiger partial charge in [0.1, 0.15) is 5.82 Å². The van der Waals surface area contributed by atoms with Crippen LogP contribution >= 0.6 is 0 Å². The monoisotopic (exact) mass is 314 g/mol. The third kappa shape index (κ3) is 3.55. The summed E-state index contributed by atoms with van der Waals surface area (Å²) < 4.78 is 0. The molecule has 23 heavy (non-hydrogen) atoms. The van der Waals surface area contributed by atoms with Crippen molar-refractivity contribution < 1.29 is 4.79 Å². The molecule has 1 aromatic heterocycles. The van der Waals surface area contributed by atoms with Crippen LogP contribution in [0, 0.1) is 11.8 Å². The fourth-order valence-electron chi connectivity index (χ4n) is 3.31. The number of carbonyl (C=O) groups excluding carboxylic acids is 1. The van der Waals surface area contributed by atoms with E-state index in [0.717, 1.165) is 36.2 Å². The first-order valence-electron chi connectivity index (χ1n) is 8.53. The molecule has 2 aromatic rings. The van der Waals surface area contributed by atoms with Gasteiger partial charge in [-0.25, -0.2) is 4.98 Å². The summed E-state index contributed by atoms with van der Waals surface area (Å²) in [6.45, 7) is 7.28. The van der Waals surface area contributed by atoms with E-state index in [2.05, 4.69) is 41.4 Å². The number of rotatable bonds is 4. The Balaban J connectivity index is 1.77. The van der Waals surface area contributed by atoms with Gasteiger partial charge in [-0.15, -0.1) is 0 Å². The van der Waals surface area contributed by atoms with E-state index in [9.17, 15) is 4.79 Å². The van der Waals surface area contributed by atoms with Crippen LogP contribution in [0.15, 0.2) is 24.3 Å². The minimum absolute atomic E-state index is 0.0832. The number of nitrogens with one attached hydrogen (secondary N) is 3. The molecule has 5 heteroatoms. The fourth-order valence-corrected chi connectivity index (χ4v) is 3.31. The molecule has 1 unspecified atom stereocenters. The number of benzene rings is 1. The van der Waals surface area contributed by atoms with Crippen molar-refractivity contribution in [2.45, 2.75) is 45.7 Å². The lowest BCUT2D eigenvalue weighted by Gasteiger charge is -2.29. The maximum Gasteiger partial charge on any atom is 0.223 e. The summed E-state index contributed by atoms with van der Waals surface area (Å²) in [5, 5.41) is 6.62. The Morgan fingerprint density at radius 1 is 1.35 bits per heavy atom. The highest BCUT2D eigenvalue weighted by Crippen LogP contribution is 2.24. The molecule has 0 aliphatic carbocycles. The van der Waals surface area contributed by atoms with E-state index in [4.69, 9.17) is 0 Å². The number of hydrogen-bond acceptors (Lipinski definition) is 3. The molecule has 1 amide bonds. The van der Waals surface area contributed by atoms with E-state index in [-0.39, 0.29) is 23.8 Å². The van der Waals surface area contributed by atoms with Gasteiger partial charge < -0.3 is 15.6 Å². The quantitative estimate of drug-likeness (QED) is 0.813. The van der Waals surface area contributed by atoms with Crippen LogP contribution in [-0.4, -0.2) is 28.5 Å². The first-order valence-corrected chi connectivity index (χ1v) is 8.53. The first-order chi connectivity index (χ1) is 11.0. The lowest BCUT2D eigenvalue weighted by molar-refractivity contribution is -0.127. The Kier molecular flexibility index (Phi) is 4.66. The summed E-state index contributed by atoms with van der Waals surface area (Å²) in [5.74, 6) is 1.37. The SMILES string of the molecule is CC(C)C(NC(=O)[C@H]1CCN[C@@H](C)C1)c1nc2ccccc2[nH]1. The van der Waals surface area contributed by atoms with Crippen LogP contribution in [0.5, 0.6) is 0 Å². The molecule has 0 saturated carbocycles. The number of imidazole rings is 1. The number of carbonyl (C=O) groups is 1. The van der Waals surface area contributed by atoms with E-state index < -0.39 is 0 Å². The Morgan fingerprint density at radius 3 is 2.83 bits per heavy atom. The summed E-state index contributed by atoms with van der Waals surface area (Å²) in [4.78, 5) is 20.7. The van der Waals surface area contributed by atoms with Crippen LogP contribution in [0.2, 0.25) is 0 Å². The Labute approximate surface area is 137 Å². The molecule has 3 N–H and O–H groups in total. The van der Waals surface area contributed by atoms with Crippen LogP contribution in [0.25, 0.3) is 11.0 Å². The zero-order valence-corrected chi connectivity index (χ0v) is 14.1. The molecule has 124 valence electrons. The average Bonchev–Trinajstić information content (AvgIpc) is 2.95. The normalized spacial score (nSPS) is 23.1. The number of H-pyrrole nitrogens is 1. The second-order valence-electron chi connectivity index (χ2n) is 6.95. The van der Waals surface area contributed by atoms with Crippen molar-refractivity contribution >= 4 is 16.9 Å². The minimum atomic E-state index is -0.0832. The van der Waals surface area contributed by atoms with E-state index in [1.54, 1.807) is 0 Å². The van der Waals surface area contributed by atoms with Gasteiger partial charge in [-0.05, 0) is 44.4 Å². The highest BCUT2D eigenvalue weighted by Gasteiger charge is 2.28. The second-order valence-corrected chi connectivity index (χ2v) is 6.95. The molecule has 1 fully saturated rings. The number of piperidine rings is 1. The molecular weight excluding hydrogens is 288 g/mol. The fraction of sp³-hybridized carbons (Fsp3) is 0.556. The Bertz CT molecular complexity index is 645. The third-order valence-corrected chi connectivity index (χ3v) is 4.66. The maximum atomic E-state index is 12.7. The number of fused-ring (bicyclic) bond motifs is 1. The van der Waals surface area contributed by atoms with Crippen LogP contribution in [-0.2, 0) is 4.79 Å². The van der Waals surface area contributed by atoms with Crippen LogP contribution < -0.4 is 10.6 Å². The topological polar surface area (TPSA) is 69.8 Å². The lowest BCUT2D eigenvalue weighted by Crippen LogP contribution is -2.44. The summed E-state index contributed by atoms with van der Waals surface area (Å²) in [7, 11) is 0. The molecular formula is C18H26N4O. The van der Waals surface area contributed by atoms with Gasteiger partial charge in [0, 0.05) is 12.0 Å². The van der Waals surface area contributed by atoms with Crippen molar-refractivity contribution in [2.24, 2.45) is 11.8 Å². The molecule has 3 atom stereocenters. The number of nitrogens with zero attached hydrogens (tertiary/aromatic N) is 1. The Morgan fingerprint density at radius 2 is 2.13 bits per heavy atom. The van der Waals surface area contributed by atoms with Gasteiger partial charge >= 0.3 is 0 Å². The van der Waals surface area contributed by atoms with Crippen molar-refractivity contribution in [3.05, 3.63) is 30.1 Å². The molecule has 0 radical (unpaired) electrons. The predicted octanol–water partition coefficient (Wildman–Crippen LogP) is 2.76. The lowest BCUT2D eigenvalue weighted by atomic mass is 9.91. The molecule has 1 saturated heterocycles. The number of aromatic nitrogens is 2. The van der Waals surface area contributed by atoms with Crippen LogP contribution in [0.4, 0.5) is 0 Å². The summed E-state index contributed by atoms with van der Waals surface area (Å²) in [6, 6.07) is 8.29. The second kappa shape index (κ2) is 6.71. The first kappa shape index (κ1) is 16.0. The molecule has 3 rings (SSSR count). The van der Waals surface area contributed by atoms with E-state index >= 15 is 0 Å². The van der Waals surface area contributed by atoms with Gasteiger partial charge in [0.05, 0.1) is 17.1 Å². The van der Waals surface area contributed by atoms with Gasteiger partial charge in [0.25, 0.3) is 0 Å². The van der Waals surface area contributed by atoms with Crippen molar-refractivity contribution in [1.82, 2.24) is 20.6 Å².